The number of hydrogen-bond acceptors (Lipinski definition) is 6. The van der Waals surface area contributed by atoms with Crippen LogP contribution in [0.15, 0.2) is 6.33 Å². The molecule has 112 valence electrons. The third-order valence-electron chi connectivity index (χ3n) is 4.14. The lowest BCUT2D eigenvalue weighted by Gasteiger charge is -2.30. The van der Waals surface area contributed by atoms with Gasteiger partial charge in [-0.1, -0.05) is 12.8 Å². The van der Waals surface area contributed by atoms with Gasteiger partial charge in [-0.2, -0.15) is 5.26 Å². The monoisotopic (exact) mass is 287 g/mol. The Kier molecular flexibility index (Phi) is 4.51. The van der Waals surface area contributed by atoms with Gasteiger partial charge >= 0.3 is 0 Å². The van der Waals surface area contributed by atoms with Crippen LogP contribution in [-0.2, 0) is 4.74 Å². The van der Waals surface area contributed by atoms with Crippen molar-refractivity contribution in [2.75, 3.05) is 49.2 Å². The zero-order valence-electron chi connectivity index (χ0n) is 12.3. The highest BCUT2D eigenvalue weighted by molar-refractivity contribution is 5.66. The fraction of sp³-hybridized carbons (Fsp3) is 0.667. The smallest absolute Gasteiger partial charge is 0.152 e. The summed E-state index contributed by atoms with van der Waals surface area (Å²) in [4.78, 5) is 13.1. The van der Waals surface area contributed by atoms with Crippen molar-refractivity contribution in [2.24, 2.45) is 0 Å². The van der Waals surface area contributed by atoms with E-state index in [4.69, 9.17) is 4.74 Å². The third kappa shape index (κ3) is 3.08. The Bertz CT molecular complexity index is 513. The van der Waals surface area contributed by atoms with Crippen LogP contribution in [0.4, 0.5) is 11.6 Å². The molecule has 0 aliphatic carbocycles. The largest absolute Gasteiger partial charge is 0.378 e. The SMILES string of the molecule is N#Cc1c(N2CCCCCC2)ncnc1N1CCOCC1. The summed E-state index contributed by atoms with van der Waals surface area (Å²) in [5.74, 6) is 1.56. The van der Waals surface area contributed by atoms with Crippen LogP contribution >= 0.6 is 0 Å². The molecular formula is C15H21N5O. The van der Waals surface area contributed by atoms with Gasteiger partial charge in [0.1, 0.15) is 18.0 Å². The number of nitrogens with zero attached hydrogens (tertiary/aromatic N) is 5. The molecule has 0 amide bonds. The molecule has 21 heavy (non-hydrogen) atoms. The normalized spacial score (nSPS) is 20.0. The van der Waals surface area contributed by atoms with Gasteiger partial charge in [-0.3, -0.25) is 0 Å². The lowest BCUT2D eigenvalue weighted by molar-refractivity contribution is 0.122. The van der Waals surface area contributed by atoms with Crippen molar-refractivity contribution in [1.82, 2.24) is 9.97 Å². The maximum atomic E-state index is 9.62. The van der Waals surface area contributed by atoms with E-state index in [1.807, 2.05) is 0 Å². The lowest BCUT2D eigenvalue weighted by atomic mass is 10.2. The van der Waals surface area contributed by atoms with E-state index >= 15 is 0 Å². The van der Waals surface area contributed by atoms with Crippen LogP contribution in [0.25, 0.3) is 0 Å². The van der Waals surface area contributed by atoms with Crippen molar-refractivity contribution in [3.63, 3.8) is 0 Å². The van der Waals surface area contributed by atoms with Crippen LogP contribution in [0.1, 0.15) is 31.2 Å². The molecule has 0 bridgehead atoms. The molecular weight excluding hydrogens is 266 g/mol. The van der Waals surface area contributed by atoms with Gasteiger partial charge in [0, 0.05) is 26.2 Å². The molecule has 0 N–H and O–H groups in total. The van der Waals surface area contributed by atoms with Crippen molar-refractivity contribution in [1.29, 1.82) is 5.26 Å². The second kappa shape index (κ2) is 6.72. The third-order valence-corrected chi connectivity index (χ3v) is 4.14. The van der Waals surface area contributed by atoms with E-state index in [-0.39, 0.29) is 0 Å². The van der Waals surface area contributed by atoms with E-state index in [9.17, 15) is 5.26 Å². The van der Waals surface area contributed by atoms with Crippen molar-refractivity contribution in [3.8, 4) is 6.07 Å². The molecule has 2 aliphatic rings. The van der Waals surface area contributed by atoms with Gasteiger partial charge in [-0.05, 0) is 12.8 Å². The van der Waals surface area contributed by atoms with Gasteiger partial charge in [0.15, 0.2) is 11.6 Å². The molecule has 0 spiro atoms. The molecule has 3 heterocycles. The van der Waals surface area contributed by atoms with Gasteiger partial charge in [0.25, 0.3) is 0 Å². The Balaban J connectivity index is 1.91. The molecule has 2 fully saturated rings. The second-order valence-corrected chi connectivity index (χ2v) is 5.51. The number of nitriles is 1. The van der Waals surface area contributed by atoms with Crippen LogP contribution < -0.4 is 9.80 Å². The van der Waals surface area contributed by atoms with E-state index in [2.05, 4.69) is 25.8 Å². The number of morpholine rings is 1. The second-order valence-electron chi connectivity index (χ2n) is 5.51. The quantitative estimate of drug-likeness (QED) is 0.822. The highest BCUT2D eigenvalue weighted by Crippen LogP contribution is 2.27. The van der Waals surface area contributed by atoms with Crippen LogP contribution in [0.3, 0.4) is 0 Å². The van der Waals surface area contributed by atoms with Crippen molar-refractivity contribution in [3.05, 3.63) is 11.9 Å². The first-order valence-electron chi connectivity index (χ1n) is 7.73. The number of rotatable bonds is 2. The number of hydrogen-bond donors (Lipinski definition) is 0. The molecule has 1 aromatic heterocycles. The maximum Gasteiger partial charge on any atom is 0.152 e. The summed E-state index contributed by atoms with van der Waals surface area (Å²) in [5, 5.41) is 9.62. The summed E-state index contributed by atoms with van der Waals surface area (Å²) in [7, 11) is 0. The molecule has 0 radical (unpaired) electrons. The summed E-state index contributed by atoms with van der Waals surface area (Å²) in [6, 6.07) is 2.33. The minimum atomic E-state index is 0.612. The minimum absolute atomic E-state index is 0.612. The lowest BCUT2D eigenvalue weighted by Crippen LogP contribution is -2.38. The van der Waals surface area contributed by atoms with Crippen molar-refractivity contribution < 1.29 is 4.74 Å². The molecule has 6 heteroatoms. The van der Waals surface area contributed by atoms with Crippen LogP contribution in [0.2, 0.25) is 0 Å². The molecule has 3 rings (SSSR count). The first-order valence-corrected chi connectivity index (χ1v) is 7.73. The van der Waals surface area contributed by atoms with Gasteiger partial charge < -0.3 is 14.5 Å². The summed E-state index contributed by atoms with van der Waals surface area (Å²) in [5.41, 5.74) is 0.612. The molecule has 6 nitrogen and oxygen atoms in total. The Labute approximate surface area is 125 Å². The average Bonchev–Trinajstić information content (AvgIpc) is 2.84. The van der Waals surface area contributed by atoms with Crippen LogP contribution in [0, 0.1) is 11.3 Å². The van der Waals surface area contributed by atoms with E-state index in [1.54, 1.807) is 6.33 Å². The van der Waals surface area contributed by atoms with Crippen LogP contribution in [-0.4, -0.2) is 49.4 Å². The number of aromatic nitrogens is 2. The van der Waals surface area contributed by atoms with E-state index in [0.29, 0.717) is 18.8 Å². The first kappa shape index (κ1) is 14.1. The highest BCUT2D eigenvalue weighted by atomic mass is 16.5. The fourth-order valence-corrected chi connectivity index (χ4v) is 3.00. The zero-order chi connectivity index (χ0) is 14.5. The van der Waals surface area contributed by atoms with E-state index < -0.39 is 0 Å². The average molecular weight is 287 g/mol. The topological polar surface area (TPSA) is 65.3 Å². The summed E-state index contributed by atoms with van der Waals surface area (Å²) >= 11 is 0. The predicted octanol–water partition coefficient (Wildman–Crippen LogP) is 1.57. The summed E-state index contributed by atoms with van der Waals surface area (Å²) in [6.45, 7) is 4.90. The minimum Gasteiger partial charge on any atom is -0.378 e. The molecule has 0 unspecified atom stereocenters. The summed E-state index contributed by atoms with van der Waals surface area (Å²) in [6.07, 6.45) is 6.45. The Morgan fingerprint density at radius 1 is 0.905 bits per heavy atom. The van der Waals surface area contributed by atoms with Gasteiger partial charge in [0.2, 0.25) is 0 Å². The van der Waals surface area contributed by atoms with Crippen LogP contribution in [0.5, 0.6) is 0 Å². The zero-order valence-corrected chi connectivity index (χ0v) is 12.3. The van der Waals surface area contributed by atoms with Gasteiger partial charge in [-0.25, -0.2) is 9.97 Å². The molecule has 2 aliphatic heterocycles. The highest BCUT2D eigenvalue weighted by Gasteiger charge is 2.22. The molecule has 2 saturated heterocycles. The number of ether oxygens (including phenoxy) is 1. The Morgan fingerprint density at radius 3 is 2.05 bits per heavy atom. The standard InChI is InChI=1S/C15H21N5O/c16-11-13-14(19-5-3-1-2-4-6-19)17-12-18-15(13)20-7-9-21-10-8-20/h12H,1-10H2. The molecule has 0 atom stereocenters. The maximum absolute atomic E-state index is 9.62. The Hall–Kier alpha value is -1.87. The molecule has 0 aromatic carbocycles. The van der Waals surface area contributed by atoms with Crippen molar-refractivity contribution in [2.45, 2.75) is 25.7 Å². The Morgan fingerprint density at radius 2 is 1.48 bits per heavy atom. The number of anilines is 2. The van der Waals surface area contributed by atoms with Gasteiger partial charge in [0.05, 0.1) is 13.2 Å². The fourth-order valence-electron chi connectivity index (χ4n) is 3.00. The van der Waals surface area contributed by atoms with E-state index in [0.717, 1.165) is 37.8 Å². The molecule has 1 aromatic rings. The summed E-state index contributed by atoms with van der Waals surface area (Å²) < 4.78 is 5.38. The van der Waals surface area contributed by atoms with Crippen molar-refractivity contribution >= 4 is 11.6 Å². The van der Waals surface area contributed by atoms with Gasteiger partial charge in [-0.15, -0.1) is 0 Å². The molecule has 0 saturated carbocycles. The van der Waals surface area contributed by atoms with E-state index in [1.165, 1.54) is 25.7 Å². The first-order chi connectivity index (χ1) is 10.4. The predicted molar refractivity (Wildman–Crippen MR) is 80.5 cm³/mol.